The van der Waals surface area contributed by atoms with Crippen LogP contribution in [0.15, 0.2) is 18.2 Å². The predicted octanol–water partition coefficient (Wildman–Crippen LogP) is 4.12. The van der Waals surface area contributed by atoms with Crippen molar-refractivity contribution in [3.05, 3.63) is 35.4 Å². The molecule has 0 radical (unpaired) electrons. The van der Waals surface area contributed by atoms with Crippen LogP contribution in [0.4, 0.5) is 8.78 Å². The first-order valence-corrected chi connectivity index (χ1v) is 7.20. The maximum Gasteiger partial charge on any atom is 0.216 e. The van der Waals surface area contributed by atoms with E-state index in [0.717, 1.165) is 24.6 Å². The zero-order valence-electron chi connectivity index (χ0n) is 12.4. The Morgan fingerprint density at radius 1 is 1.33 bits per heavy atom. The summed E-state index contributed by atoms with van der Waals surface area (Å²) in [5, 5.41) is 4.50. The fourth-order valence-electron chi connectivity index (χ4n) is 2.69. The number of fused-ring (bicyclic) bond motifs is 1. The molecule has 5 heteroatoms. The van der Waals surface area contributed by atoms with Gasteiger partial charge in [0, 0.05) is 30.2 Å². The van der Waals surface area contributed by atoms with Crippen LogP contribution in [0.3, 0.4) is 0 Å². The molecule has 3 nitrogen and oxygen atoms in total. The minimum atomic E-state index is -0.597. The highest BCUT2D eigenvalue weighted by Gasteiger charge is 2.28. The lowest BCUT2D eigenvalue weighted by molar-refractivity contribution is 0.147. The Bertz CT molecular complexity index is 679. The van der Waals surface area contributed by atoms with Crippen molar-refractivity contribution < 1.29 is 13.5 Å². The van der Waals surface area contributed by atoms with E-state index in [9.17, 15) is 8.78 Å². The number of halogens is 2. The van der Waals surface area contributed by atoms with Gasteiger partial charge in [0.15, 0.2) is 0 Å². The summed E-state index contributed by atoms with van der Waals surface area (Å²) in [5.74, 6) is -0.336. The summed E-state index contributed by atoms with van der Waals surface area (Å²) >= 11 is 0. The van der Waals surface area contributed by atoms with Crippen molar-refractivity contribution in [1.29, 1.82) is 0 Å². The molecule has 0 fully saturated rings. The molecule has 0 aliphatic carbocycles. The highest BCUT2D eigenvalue weighted by atomic mass is 19.1. The third-order valence-electron chi connectivity index (χ3n) is 3.76. The van der Waals surface area contributed by atoms with Crippen LogP contribution in [0.25, 0.3) is 11.3 Å². The molecule has 2 heterocycles. The molecule has 0 N–H and O–H groups in total. The molecular weight excluding hydrogens is 274 g/mol. The van der Waals surface area contributed by atoms with Gasteiger partial charge in [-0.2, -0.15) is 5.10 Å². The van der Waals surface area contributed by atoms with Crippen LogP contribution in [-0.2, 0) is 6.54 Å². The SMILES string of the molecule is CC(C)c1c(-c2ccc(F)cc2F)nn2c1O[C@H](C)CC2. The van der Waals surface area contributed by atoms with E-state index in [4.69, 9.17) is 4.74 Å². The van der Waals surface area contributed by atoms with Gasteiger partial charge >= 0.3 is 0 Å². The van der Waals surface area contributed by atoms with E-state index in [1.165, 1.54) is 12.1 Å². The largest absolute Gasteiger partial charge is 0.475 e. The number of hydrogen-bond acceptors (Lipinski definition) is 2. The Morgan fingerprint density at radius 3 is 2.76 bits per heavy atom. The summed E-state index contributed by atoms with van der Waals surface area (Å²) in [6, 6.07) is 3.58. The van der Waals surface area contributed by atoms with E-state index >= 15 is 0 Å². The lowest BCUT2D eigenvalue weighted by atomic mass is 9.98. The van der Waals surface area contributed by atoms with Crippen LogP contribution in [0.2, 0.25) is 0 Å². The molecule has 0 saturated carbocycles. The molecule has 0 saturated heterocycles. The normalized spacial score (nSPS) is 17.7. The third kappa shape index (κ3) is 2.41. The first-order chi connectivity index (χ1) is 9.97. The summed E-state index contributed by atoms with van der Waals surface area (Å²) in [4.78, 5) is 0. The molecule has 0 unspecified atom stereocenters. The average molecular weight is 292 g/mol. The number of aryl methyl sites for hydroxylation is 1. The Morgan fingerprint density at radius 2 is 2.10 bits per heavy atom. The van der Waals surface area contributed by atoms with Gasteiger partial charge < -0.3 is 4.74 Å². The van der Waals surface area contributed by atoms with E-state index in [2.05, 4.69) is 5.10 Å². The maximum absolute atomic E-state index is 14.1. The standard InChI is InChI=1S/C16H18F2N2O/c1-9(2)14-15(12-5-4-11(17)8-13(12)18)19-20-7-6-10(3)21-16(14)20/h4-5,8-10H,6-7H2,1-3H3/t10-/m1/s1. The van der Waals surface area contributed by atoms with Gasteiger partial charge in [0.1, 0.15) is 17.3 Å². The molecule has 0 amide bonds. The van der Waals surface area contributed by atoms with Crippen molar-refractivity contribution in [1.82, 2.24) is 9.78 Å². The monoisotopic (exact) mass is 292 g/mol. The fourth-order valence-corrected chi connectivity index (χ4v) is 2.69. The highest BCUT2D eigenvalue weighted by Crippen LogP contribution is 2.39. The predicted molar refractivity (Wildman–Crippen MR) is 76.4 cm³/mol. The Balaban J connectivity index is 2.18. The van der Waals surface area contributed by atoms with Gasteiger partial charge in [-0.05, 0) is 25.0 Å². The van der Waals surface area contributed by atoms with Crippen LogP contribution < -0.4 is 4.74 Å². The lowest BCUT2D eigenvalue weighted by Crippen LogP contribution is -2.23. The minimum Gasteiger partial charge on any atom is -0.475 e. The van der Waals surface area contributed by atoms with Gasteiger partial charge in [0.05, 0.1) is 6.10 Å². The van der Waals surface area contributed by atoms with E-state index in [0.29, 0.717) is 17.1 Å². The van der Waals surface area contributed by atoms with Gasteiger partial charge in [-0.15, -0.1) is 0 Å². The van der Waals surface area contributed by atoms with Crippen LogP contribution in [0, 0.1) is 11.6 Å². The second-order valence-corrected chi connectivity index (χ2v) is 5.79. The number of rotatable bonds is 2. The first kappa shape index (κ1) is 14.0. The number of benzene rings is 1. The Labute approximate surface area is 122 Å². The molecule has 1 aromatic heterocycles. The van der Waals surface area contributed by atoms with Crippen molar-refractivity contribution in [2.75, 3.05) is 0 Å². The molecule has 1 aliphatic rings. The Kier molecular flexibility index (Phi) is 3.43. The maximum atomic E-state index is 14.1. The molecule has 1 atom stereocenters. The van der Waals surface area contributed by atoms with Crippen molar-refractivity contribution in [3.63, 3.8) is 0 Å². The molecule has 0 spiro atoms. The van der Waals surface area contributed by atoms with Crippen LogP contribution in [0.1, 0.15) is 38.7 Å². The molecule has 21 heavy (non-hydrogen) atoms. The number of ether oxygens (including phenoxy) is 1. The molecule has 1 aromatic carbocycles. The van der Waals surface area contributed by atoms with Gasteiger partial charge in [-0.1, -0.05) is 13.8 Å². The quantitative estimate of drug-likeness (QED) is 0.832. The third-order valence-corrected chi connectivity index (χ3v) is 3.76. The molecule has 0 bridgehead atoms. The van der Waals surface area contributed by atoms with Gasteiger partial charge in [0.25, 0.3) is 0 Å². The second kappa shape index (κ2) is 5.13. The van der Waals surface area contributed by atoms with Gasteiger partial charge in [0.2, 0.25) is 5.88 Å². The lowest BCUT2D eigenvalue weighted by Gasteiger charge is -2.23. The van der Waals surface area contributed by atoms with Crippen LogP contribution in [0.5, 0.6) is 5.88 Å². The first-order valence-electron chi connectivity index (χ1n) is 7.20. The zero-order valence-corrected chi connectivity index (χ0v) is 12.4. The van der Waals surface area contributed by atoms with Crippen molar-refractivity contribution in [2.45, 2.75) is 45.8 Å². The Hall–Kier alpha value is -1.91. The highest BCUT2D eigenvalue weighted by molar-refractivity contribution is 5.67. The van der Waals surface area contributed by atoms with Crippen LogP contribution >= 0.6 is 0 Å². The second-order valence-electron chi connectivity index (χ2n) is 5.79. The van der Waals surface area contributed by atoms with Crippen molar-refractivity contribution in [3.8, 4) is 17.1 Å². The fraction of sp³-hybridized carbons (Fsp3) is 0.438. The number of hydrogen-bond donors (Lipinski definition) is 0. The number of nitrogens with zero attached hydrogens (tertiary/aromatic N) is 2. The molecule has 2 aromatic rings. The topological polar surface area (TPSA) is 27.1 Å². The summed E-state index contributed by atoms with van der Waals surface area (Å²) < 4.78 is 34.9. The molecule has 112 valence electrons. The van der Waals surface area contributed by atoms with E-state index in [1.807, 2.05) is 20.8 Å². The van der Waals surface area contributed by atoms with Gasteiger partial charge in [-0.25, -0.2) is 13.5 Å². The van der Waals surface area contributed by atoms with Crippen LogP contribution in [-0.4, -0.2) is 15.9 Å². The zero-order chi connectivity index (χ0) is 15.1. The molecule has 3 rings (SSSR count). The summed E-state index contributed by atoms with van der Waals surface area (Å²) in [7, 11) is 0. The summed E-state index contributed by atoms with van der Waals surface area (Å²) in [6.45, 7) is 6.80. The van der Waals surface area contributed by atoms with E-state index in [-0.39, 0.29) is 12.0 Å². The molecule has 1 aliphatic heterocycles. The minimum absolute atomic E-state index is 0.123. The number of aromatic nitrogens is 2. The smallest absolute Gasteiger partial charge is 0.216 e. The average Bonchev–Trinajstić information content (AvgIpc) is 2.76. The summed E-state index contributed by atoms with van der Waals surface area (Å²) in [6.07, 6.45) is 0.995. The summed E-state index contributed by atoms with van der Waals surface area (Å²) in [5.41, 5.74) is 1.75. The van der Waals surface area contributed by atoms with Crippen molar-refractivity contribution >= 4 is 0 Å². The molecular formula is C16H18F2N2O. The van der Waals surface area contributed by atoms with E-state index in [1.54, 1.807) is 4.68 Å². The van der Waals surface area contributed by atoms with E-state index < -0.39 is 11.6 Å². The van der Waals surface area contributed by atoms with Crippen molar-refractivity contribution in [2.24, 2.45) is 0 Å². The van der Waals surface area contributed by atoms with Gasteiger partial charge in [-0.3, -0.25) is 0 Å².